The van der Waals surface area contributed by atoms with Gasteiger partial charge in [0.05, 0.1) is 12.3 Å². The summed E-state index contributed by atoms with van der Waals surface area (Å²) in [6, 6.07) is 12.4. The van der Waals surface area contributed by atoms with E-state index in [2.05, 4.69) is 25.2 Å². The van der Waals surface area contributed by atoms with Crippen molar-refractivity contribution in [2.45, 2.75) is 32.4 Å². The number of benzene rings is 1. The monoisotopic (exact) mass is 263 g/mol. The van der Waals surface area contributed by atoms with Gasteiger partial charge in [-0.05, 0) is 43.2 Å². The number of furan rings is 1. The van der Waals surface area contributed by atoms with Crippen molar-refractivity contribution in [2.75, 3.05) is 0 Å². The van der Waals surface area contributed by atoms with Gasteiger partial charge in [-0.2, -0.15) is 0 Å². The Labute approximate surface area is 113 Å². The van der Waals surface area contributed by atoms with E-state index < -0.39 is 0 Å². The van der Waals surface area contributed by atoms with Gasteiger partial charge in [-0.25, -0.2) is 0 Å². The third-order valence-corrected chi connectivity index (χ3v) is 3.32. The zero-order valence-electron chi connectivity index (χ0n) is 10.7. The zero-order valence-corrected chi connectivity index (χ0v) is 11.4. The van der Waals surface area contributed by atoms with Crippen molar-refractivity contribution in [3.63, 3.8) is 0 Å². The van der Waals surface area contributed by atoms with Crippen molar-refractivity contribution in [2.24, 2.45) is 0 Å². The second-order valence-corrected chi connectivity index (χ2v) is 4.86. The second-order valence-electron chi connectivity index (χ2n) is 4.42. The van der Waals surface area contributed by atoms with Gasteiger partial charge in [0.2, 0.25) is 0 Å². The molecule has 0 saturated carbocycles. The molecule has 3 heteroatoms. The molecule has 2 rings (SSSR count). The van der Waals surface area contributed by atoms with Crippen LogP contribution in [0.3, 0.4) is 0 Å². The van der Waals surface area contributed by atoms with Gasteiger partial charge < -0.3 is 9.73 Å². The minimum atomic E-state index is 0.184. The highest BCUT2D eigenvalue weighted by Crippen LogP contribution is 2.24. The summed E-state index contributed by atoms with van der Waals surface area (Å²) in [7, 11) is 0. The summed E-state index contributed by atoms with van der Waals surface area (Å²) in [6.07, 6.45) is 2.71. The van der Waals surface area contributed by atoms with Crippen LogP contribution in [-0.2, 0) is 0 Å². The molecule has 0 spiro atoms. The molecular weight excluding hydrogens is 246 g/mol. The third kappa shape index (κ3) is 3.15. The fourth-order valence-corrected chi connectivity index (χ4v) is 2.29. The predicted molar refractivity (Wildman–Crippen MR) is 74.7 cm³/mol. The molecule has 2 atom stereocenters. The topological polar surface area (TPSA) is 25.2 Å². The molecule has 1 aromatic carbocycles. The van der Waals surface area contributed by atoms with Crippen LogP contribution in [-0.4, -0.2) is 0 Å². The Morgan fingerprint density at radius 2 is 2.11 bits per heavy atom. The van der Waals surface area contributed by atoms with Gasteiger partial charge in [0.1, 0.15) is 5.76 Å². The van der Waals surface area contributed by atoms with Gasteiger partial charge in [-0.3, -0.25) is 0 Å². The van der Waals surface area contributed by atoms with Crippen molar-refractivity contribution in [3.8, 4) is 0 Å². The van der Waals surface area contributed by atoms with Gasteiger partial charge in [0.25, 0.3) is 0 Å². The molecular formula is C15H18ClNO. The number of nitrogens with one attached hydrogen (secondary N) is 1. The van der Waals surface area contributed by atoms with Gasteiger partial charge in [0, 0.05) is 11.1 Å². The van der Waals surface area contributed by atoms with E-state index >= 15 is 0 Å². The van der Waals surface area contributed by atoms with Crippen molar-refractivity contribution < 1.29 is 4.42 Å². The summed E-state index contributed by atoms with van der Waals surface area (Å²) in [6.45, 7) is 4.26. The first-order valence-electron chi connectivity index (χ1n) is 6.25. The standard InChI is InChI=1S/C15H18ClNO/c1-3-14(12-6-4-7-13(16)10-12)17-11(2)15-8-5-9-18-15/h4-11,14,17H,3H2,1-2H3. The predicted octanol–water partition coefficient (Wildman–Crippen LogP) is 4.73. The zero-order chi connectivity index (χ0) is 13.0. The lowest BCUT2D eigenvalue weighted by Gasteiger charge is -2.21. The fourth-order valence-electron chi connectivity index (χ4n) is 2.09. The van der Waals surface area contributed by atoms with Crippen LogP contribution in [0.25, 0.3) is 0 Å². The van der Waals surface area contributed by atoms with Crippen LogP contribution in [0.1, 0.15) is 43.7 Å². The van der Waals surface area contributed by atoms with E-state index in [0.717, 1.165) is 17.2 Å². The molecule has 0 aliphatic heterocycles. The molecule has 2 unspecified atom stereocenters. The quantitative estimate of drug-likeness (QED) is 0.843. The molecule has 0 aliphatic rings. The summed E-state index contributed by atoms with van der Waals surface area (Å²) >= 11 is 6.04. The maximum atomic E-state index is 6.04. The molecule has 0 saturated heterocycles. The highest BCUT2D eigenvalue weighted by Gasteiger charge is 2.15. The average molecular weight is 264 g/mol. The Hall–Kier alpha value is -1.25. The molecule has 2 nitrogen and oxygen atoms in total. The summed E-state index contributed by atoms with van der Waals surface area (Å²) in [5.74, 6) is 0.954. The Kier molecular flexibility index (Phi) is 4.45. The molecule has 0 bridgehead atoms. The maximum absolute atomic E-state index is 6.04. The second kappa shape index (κ2) is 6.07. The van der Waals surface area contributed by atoms with Crippen LogP contribution in [0.2, 0.25) is 5.02 Å². The molecule has 0 amide bonds. The minimum Gasteiger partial charge on any atom is -0.468 e. The smallest absolute Gasteiger partial charge is 0.120 e. The largest absolute Gasteiger partial charge is 0.468 e. The lowest BCUT2D eigenvalue weighted by atomic mass is 10.0. The number of rotatable bonds is 5. The van der Waals surface area contributed by atoms with Crippen LogP contribution < -0.4 is 5.32 Å². The molecule has 0 fully saturated rings. The van der Waals surface area contributed by atoms with Crippen molar-refractivity contribution in [1.82, 2.24) is 5.32 Å². The number of hydrogen-bond acceptors (Lipinski definition) is 2. The van der Waals surface area contributed by atoms with Gasteiger partial charge in [-0.1, -0.05) is 30.7 Å². The third-order valence-electron chi connectivity index (χ3n) is 3.08. The molecule has 96 valence electrons. The van der Waals surface area contributed by atoms with Crippen molar-refractivity contribution in [3.05, 3.63) is 59.0 Å². The van der Waals surface area contributed by atoms with Crippen molar-refractivity contribution >= 4 is 11.6 Å². The Bertz CT molecular complexity index is 481. The molecule has 0 radical (unpaired) electrons. The van der Waals surface area contributed by atoms with Crippen LogP contribution in [0.4, 0.5) is 0 Å². The van der Waals surface area contributed by atoms with Crippen LogP contribution >= 0.6 is 11.6 Å². The molecule has 0 aliphatic carbocycles. The molecule has 1 aromatic heterocycles. The normalized spacial score (nSPS) is 14.4. The maximum Gasteiger partial charge on any atom is 0.120 e. The first-order chi connectivity index (χ1) is 8.70. The summed E-state index contributed by atoms with van der Waals surface area (Å²) in [5, 5.41) is 4.34. The lowest BCUT2D eigenvalue weighted by Crippen LogP contribution is -2.23. The van der Waals surface area contributed by atoms with Gasteiger partial charge in [-0.15, -0.1) is 0 Å². The van der Waals surface area contributed by atoms with E-state index in [1.54, 1.807) is 6.26 Å². The highest BCUT2D eigenvalue weighted by molar-refractivity contribution is 6.30. The Balaban J connectivity index is 2.10. The van der Waals surface area contributed by atoms with E-state index in [4.69, 9.17) is 16.0 Å². The lowest BCUT2D eigenvalue weighted by molar-refractivity contribution is 0.387. The van der Waals surface area contributed by atoms with E-state index in [9.17, 15) is 0 Å². The SMILES string of the molecule is CCC(NC(C)c1ccco1)c1cccc(Cl)c1. The first-order valence-corrected chi connectivity index (χ1v) is 6.63. The van der Waals surface area contributed by atoms with E-state index in [0.29, 0.717) is 0 Å². The summed E-state index contributed by atoms with van der Waals surface area (Å²) in [5.41, 5.74) is 1.21. The molecule has 18 heavy (non-hydrogen) atoms. The minimum absolute atomic E-state index is 0.184. The number of halogens is 1. The van der Waals surface area contributed by atoms with Gasteiger partial charge >= 0.3 is 0 Å². The van der Waals surface area contributed by atoms with Crippen LogP contribution in [0.5, 0.6) is 0 Å². The fraction of sp³-hybridized carbons (Fsp3) is 0.333. The van der Waals surface area contributed by atoms with Crippen molar-refractivity contribution in [1.29, 1.82) is 0 Å². The Morgan fingerprint density at radius 3 is 2.72 bits per heavy atom. The van der Waals surface area contributed by atoms with Gasteiger partial charge in [0.15, 0.2) is 0 Å². The first kappa shape index (κ1) is 13.2. The van der Waals surface area contributed by atoms with Crippen LogP contribution in [0.15, 0.2) is 47.1 Å². The molecule has 1 heterocycles. The molecule has 1 N–H and O–H groups in total. The molecule has 2 aromatic rings. The Morgan fingerprint density at radius 1 is 1.28 bits per heavy atom. The summed E-state index contributed by atoms with van der Waals surface area (Å²) in [4.78, 5) is 0. The van der Waals surface area contributed by atoms with E-state index in [1.807, 2.05) is 30.3 Å². The highest BCUT2D eigenvalue weighted by atomic mass is 35.5. The van der Waals surface area contributed by atoms with Crippen LogP contribution in [0, 0.1) is 0 Å². The number of hydrogen-bond donors (Lipinski definition) is 1. The average Bonchev–Trinajstić information content (AvgIpc) is 2.89. The van der Waals surface area contributed by atoms with E-state index in [-0.39, 0.29) is 12.1 Å². The van der Waals surface area contributed by atoms with E-state index in [1.165, 1.54) is 5.56 Å². The summed E-state index contributed by atoms with van der Waals surface area (Å²) < 4.78 is 5.41.